The average molecular weight is 204 g/mol. The molecule has 0 amide bonds. The molecule has 2 rings (SSSR count). The van der Waals surface area contributed by atoms with Crippen LogP contribution < -0.4 is 10.5 Å². The van der Waals surface area contributed by atoms with E-state index >= 15 is 0 Å². The van der Waals surface area contributed by atoms with E-state index in [1.165, 1.54) is 0 Å². The van der Waals surface area contributed by atoms with Crippen LogP contribution in [0, 0.1) is 0 Å². The fourth-order valence-electron chi connectivity index (χ4n) is 1.36. The molecule has 2 aromatic heterocycles. The second-order valence-corrected chi connectivity index (χ2v) is 3.14. The molecule has 0 aliphatic rings. The number of hydrogen-bond donors (Lipinski definition) is 1. The van der Waals surface area contributed by atoms with Gasteiger partial charge in [-0.3, -0.25) is 4.68 Å². The number of nitrogens with two attached hydrogens (primary N) is 1. The predicted octanol–water partition coefficient (Wildman–Crippen LogP) is 1.07. The first kappa shape index (κ1) is 9.51. The minimum Gasteiger partial charge on any atom is -0.481 e. The van der Waals surface area contributed by atoms with Gasteiger partial charge < -0.3 is 10.5 Å². The van der Waals surface area contributed by atoms with Gasteiger partial charge in [0.25, 0.3) is 0 Å². The van der Waals surface area contributed by atoms with Crippen LogP contribution in [0.15, 0.2) is 24.4 Å². The topological polar surface area (TPSA) is 66.0 Å². The SMILES string of the molecule is COc1ncccc1-c1cc(N)n(C)n1. The van der Waals surface area contributed by atoms with Crippen LogP contribution >= 0.6 is 0 Å². The Labute approximate surface area is 87.5 Å². The van der Waals surface area contributed by atoms with Crippen molar-refractivity contribution in [1.82, 2.24) is 14.8 Å². The third-order valence-corrected chi connectivity index (χ3v) is 2.16. The number of methoxy groups -OCH3 is 1. The Kier molecular flexibility index (Phi) is 2.29. The third kappa shape index (κ3) is 1.63. The van der Waals surface area contributed by atoms with Gasteiger partial charge in [-0.15, -0.1) is 0 Å². The van der Waals surface area contributed by atoms with Gasteiger partial charge in [0.2, 0.25) is 5.88 Å². The van der Waals surface area contributed by atoms with E-state index in [2.05, 4.69) is 10.1 Å². The van der Waals surface area contributed by atoms with E-state index in [-0.39, 0.29) is 0 Å². The van der Waals surface area contributed by atoms with Gasteiger partial charge in [0.15, 0.2) is 0 Å². The number of hydrogen-bond acceptors (Lipinski definition) is 4. The van der Waals surface area contributed by atoms with E-state index in [1.54, 1.807) is 31.1 Å². The molecule has 0 fully saturated rings. The predicted molar refractivity (Wildman–Crippen MR) is 57.4 cm³/mol. The highest BCUT2D eigenvalue weighted by Gasteiger charge is 2.10. The molecule has 0 spiro atoms. The van der Waals surface area contributed by atoms with Crippen LogP contribution in [0.4, 0.5) is 5.82 Å². The number of anilines is 1. The summed E-state index contributed by atoms with van der Waals surface area (Å²) in [6.45, 7) is 0. The van der Waals surface area contributed by atoms with Gasteiger partial charge in [-0.1, -0.05) is 0 Å². The number of aryl methyl sites for hydroxylation is 1. The molecule has 0 aliphatic heterocycles. The molecule has 15 heavy (non-hydrogen) atoms. The highest BCUT2D eigenvalue weighted by atomic mass is 16.5. The van der Waals surface area contributed by atoms with Gasteiger partial charge in [0.1, 0.15) is 5.82 Å². The van der Waals surface area contributed by atoms with Crippen molar-refractivity contribution in [3.8, 4) is 17.1 Å². The highest BCUT2D eigenvalue weighted by molar-refractivity contribution is 5.67. The lowest BCUT2D eigenvalue weighted by atomic mass is 10.2. The molecule has 0 saturated heterocycles. The second-order valence-electron chi connectivity index (χ2n) is 3.14. The van der Waals surface area contributed by atoms with E-state index in [9.17, 15) is 0 Å². The Balaban J connectivity index is 2.53. The average Bonchev–Trinajstić information content (AvgIpc) is 2.59. The Morgan fingerprint density at radius 2 is 2.27 bits per heavy atom. The highest BCUT2D eigenvalue weighted by Crippen LogP contribution is 2.27. The van der Waals surface area contributed by atoms with Crippen molar-refractivity contribution in [1.29, 1.82) is 0 Å². The van der Waals surface area contributed by atoms with Gasteiger partial charge in [0, 0.05) is 19.3 Å². The minimum atomic E-state index is 0.551. The van der Waals surface area contributed by atoms with Crippen molar-refractivity contribution in [2.45, 2.75) is 0 Å². The largest absolute Gasteiger partial charge is 0.481 e. The summed E-state index contributed by atoms with van der Waals surface area (Å²) in [5.74, 6) is 1.16. The van der Waals surface area contributed by atoms with Crippen molar-refractivity contribution >= 4 is 5.82 Å². The van der Waals surface area contributed by atoms with Crippen LogP contribution in [0.5, 0.6) is 5.88 Å². The van der Waals surface area contributed by atoms with Gasteiger partial charge in [-0.2, -0.15) is 5.10 Å². The maximum atomic E-state index is 5.71. The summed E-state index contributed by atoms with van der Waals surface area (Å²) in [7, 11) is 3.37. The number of nitrogens with zero attached hydrogens (tertiary/aromatic N) is 3. The molecule has 0 aromatic carbocycles. The number of nitrogen functional groups attached to an aromatic ring is 1. The smallest absolute Gasteiger partial charge is 0.222 e. The molecule has 0 unspecified atom stereocenters. The number of pyridine rings is 1. The van der Waals surface area contributed by atoms with Crippen molar-refractivity contribution in [3.63, 3.8) is 0 Å². The molecule has 0 radical (unpaired) electrons. The van der Waals surface area contributed by atoms with E-state index < -0.39 is 0 Å². The van der Waals surface area contributed by atoms with E-state index in [4.69, 9.17) is 10.5 Å². The monoisotopic (exact) mass is 204 g/mol. The fraction of sp³-hybridized carbons (Fsp3) is 0.200. The molecule has 0 aliphatic carbocycles. The number of aromatic nitrogens is 3. The molecule has 2 heterocycles. The van der Waals surface area contributed by atoms with Crippen molar-refractivity contribution in [3.05, 3.63) is 24.4 Å². The molecule has 5 heteroatoms. The van der Waals surface area contributed by atoms with Crippen molar-refractivity contribution in [2.75, 3.05) is 12.8 Å². The lowest BCUT2D eigenvalue weighted by molar-refractivity contribution is 0.399. The molecule has 0 atom stereocenters. The lowest BCUT2D eigenvalue weighted by Crippen LogP contribution is -1.97. The number of rotatable bonds is 2. The first-order chi connectivity index (χ1) is 7.22. The van der Waals surface area contributed by atoms with E-state index in [0.717, 1.165) is 11.3 Å². The first-order valence-corrected chi connectivity index (χ1v) is 4.51. The number of ether oxygens (including phenoxy) is 1. The van der Waals surface area contributed by atoms with Crippen LogP contribution in [0.1, 0.15) is 0 Å². The zero-order valence-corrected chi connectivity index (χ0v) is 8.64. The zero-order valence-electron chi connectivity index (χ0n) is 8.64. The molecular weight excluding hydrogens is 192 g/mol. The molecule has 0 saturated carbocycles. The summed E-state index contributed by atoms with van der Waals surface area (Å²) >= 11 is 0. The summed E-state index contributed by atoms with van der Waals surface area (Å²) in [4.78, 5) is 4.10. The fourth-order valence-corrected chi connectivity index (χ4v) is 1.36. The first-order valence-electron chi connectivity index (χ1n) is 4.51. The summed E-state index contributed by atoms with van der Waals surface area (Å²) in [5, 5.41) is 4.26. The van der Waals surface area contributed by atoms with Gasteiger partial charge >= 0.3 is 0 Å². The van der Waals surface area contributed by atoms with Crippen LogP contribution in [0.3, 0.4) is 0 Å². The minimum absolute atomic E-state index is 0.551. The summed E-state index contributed by atoms with van der Waals surface area (Å²) in [5.41, 5.74) is 7.31. The Morgan fingerprint density at radius 1 is 1.47 bits per heavy atom. The standard InChI is InChI=1S/C10H12N4O/c1-14-9(11)6-8(13-14)7-4-3-5-12-10(7)15-2/h3-6H,11H2,1-2H3. The van der Waals surface area contributed by atoms with Gasteiger partial charge in [-0.25, -0.2) is 4.98 Å². The molecule has 2 N–H and O–H groups in total. The molecular formula is C10H12N4O. The lowest BCUT2D eigenvalue weighted by Gasteiger charge is -2.02. The van der Waals surface area contributed by atoms with E-state index in [0.29, 0.717) is 11.7 Å². The Hall–Kier alpha value is -2.04. The van der Waals surface area contributed by atoms with E-state index in [1.807, 2.05) is 12.1 Å². The normalized spacial score (nSPS) is 10.3. The summed E-state index contributed by atoms with van der Waals surface area (Å²) in [6.07, 6.45) is 1.68. The Bertz CT molecular complexity index is 459. The maximum absolute atomic E-state index is 5.71. The molecule has 2 aromatic rings. The van der Waals surface area contributed by atoms with Crippen LogP contribution in [0.2, 0.25) is 0 Å². The molecule has 0 bridgehead atoms. The zero-order chi connectivity index (χ0) is 10.8. The molecule has 78 valence electrons. The van der Waals surface area contributed by atoms with Crippen LogP contribution in [0.25, 0.3) is 11.3 Å². The second kappa shape index (κ2) is 3.61. The van der Waals surface area contributed by atoms with Crippen LogP contribution in [-0.4, -0.2) is 21.9 Å². The third-order valence-electron chi connectivity index (χ3n) is 2.16. The van der Waals surface area contributed by atoms with Crippen molar-refractivity contribution < 1.29 is 4.74 Å². The Morgan fingerprint density at radius 3 is 2.87 bits per heavy atom. The molecule has 5 nitrogen and oxygen atoms in total. The van der Waals surface area contributed by atoms with Gasteiger partial charge in [-0.05, 0) is 12.1 Å². The quantitative estimate of drug-likeness (QED) is 0.794. The van der Waals surface area contributed by atoms with Crippen molar-refractivity contribution in [2.24, 2.45) is 7.05 Å². The summed E-state index contributed by atoms with van der Waals surface area (Å²) in [6, 6.07) is 5.52. The van der Waals surface area contributed by atoms with Gasteiger partial charge in [0.05, 0.1) is 18.4 Å². The maximum Gasteiger partial charge on any atom is 0.222 e. The summed E-state index contributed by atoms with van der Waals surface area (Å²) < 4.78 is 6.76. The van der Waals surface area contributed by atoms with Crippen LogP contribution in [-0.2, 0) is 7.05 Å².